The van der Waals surface area contributed by atoms with Crippen molar-refractivity contribution >= 4 is 21.6 Å². The zero-order chi connectivity index (χ0) is 18.6. The highest BCUT2D eigenvalue weighted by molar-refractivity contribution is 7.92. The molecule has 0 saturated carbocycles. The predicted octanol–water partition coefficient (Wildman–Crippen LogP) is 2.90. The maximum atomic E-state index is 12.3. The minimum absolute atomic E-state index is 0.147. The zero-order valence-corrected chi connectivity index (χ0v) is 15.8. The van der Waals surface area contributed by atoms with Gasteiger partial charge in [0.15, 0.2) is 0 Å². The van der Waals surface area contributed by atoms with E-state index in [9.17, 15) is 13.2 Å². The molecule has 3 rings (SSSR count). The van der Waals surface area contributed by atoms with Crippen molar-refractivity contribution in [1.82, 2.24) is 5.32 Å². The second-order valence-corrected chi connectivity index (χ2v) is 8.65. The van der Waals surface area contributed by atoms with E-state index in [1.54, 1.807) is 24.3 Å². The van der Waals surface area contributed by atoms with E-state index in [2.05, 4.69) is 11.4 Å². The molecule has 1 amide bonds. The Morgan fingerprint density at radius 2 is 1.88 bits per heavy atom. The van der Waals surface area contributed by atoms with Gasteiger partial charge < -0.3 is 5.32 Å². The number of amides is 1. The highest BCUT2D eigenvalue weighted by Crippen LogP contribution is 2.23. The average Bonchev–Trinajstić information content (AvgIpc) is 2.61. The molecule has 0 unspecified atom stereocenters. The van der Waals surface area contributed by atoms with Crippen molar-refractivity contribution in [3.63, 3.8) is 0 Å². The molecule has 1 heterocycles. The lowest BCUT2D eigenvalue weighted by atomic mass is 10.1. The molecule has 5 nitrogen and oxygen atoms in total. The second kappa shape index (κ2) is 7.91. The topological polar surface area (TPSA) is 66.5 Å². The summed E-state index contributed by atoms with van der Waals surface area (Å²) in [6.45, 7) is 3.11. The molecule has 0 bridgehead atoms. The molecular weight excluding hydrogens is 348 g/mol. The molecule has 2 aromatic carbocycles. The van der Waals surface area contributed by atoms with E-state index in [1.165, 1.54) is 15.4 Å². The SMILES string of the molecule is Cc1cccc(CCNC(=O)c2ccc(N3CCCCS3(=O)=O)cc2)c1. The normalized spacial score (nSPS) is 16.3. The zero-order valence-electron chi connectivity index (χ0n) is 14.9. The fourth-order valence-corrected chi connectivity index (χ4v) is 4.79. The predicted molar refractivity (Wildman–Crippen MR) is 104 cm³/mol. The van der Waals surface area contributed by atoms with Gasteiger partial charge >= 0.3 is 0 Å². The molecule has 1 saturated heterocycles. The number of carbonyl (C=O) groups is 1. The lowest BCUT2D eigenvalue weighted by Gasteiger charge is -2.28. The van der Waals surface area contributed by atoms with Crippen LogP contribution < -0.4 is 9.62 Å². The minimum Gasteiger partial charge on any atom is -0.352 e. The van der Waals surface area contributed by atoms with E-state index in [-0.39, 0.29) is 11.7 Å². The molecule has 1 fully saturated rings. The number of benzene rings is 2. The highest BCUT2D eigenvalue weighted by atomic mass is 32.2. The number of nitrogens with one attached hydrogen (secondary N) is 1. The lowest BCUT2D eigenvalue weighted by molar-refractivity contribution is 0.0954. The van der Waals surface area contributed by atoms with E-state index in [4.69, 9.17) is 0 Å². The van der Waals surface area contributed by atoms with Gasteiger partial charge in [0.05, 0.1) is 11.4 Å². The molecule has 6 heteroatoms. The molecule has 26 heavy (non-hydrogen) atoms. The van der Waals surface area contributed by atoms with Crippen molar-refractivity contribution in [1.29, 1.82) is 0 Å². The molecule has 0 atom stereocenters. The van der Waals surface area contributed by atoms with Crippen LogP contribution in [0.1, 0.15) is 34.3 Å². The van der Waals surface area contributed by atoms with Gasteiger partial charge in [-0.1, -0.05) is 29.8 Å². The summed E-state index contributed by atoms with van der Waals surface area (Å²) in [6, 6.07) is 15.0. The van der Waals surface area contributed by atoms with Crippen molar-refractivity contribution in [2.45, 2.75) is 26.2 Å². The molecule has 0 spiro atoms. The molecule has 0 aliphatic carbocycles. The summed E-state index contributed by atoms with van der Waals surface area (Å²) in [7, 11) is -3.23. The number of rotatable bonds is 5. The van der Waals surface area contributed by atoms with Crippen molar-refractivity contribution < 1.29 is 13.2 Å². The summed E-state index contributed by atoms with van der Waals surface area (Å²) in [5, 5.41) is 2.91. The third-order valence-electron chi connectivity index (χ3n) is 4.55. The fraction of sp³-hybridized carbons (Fsp3) is 0.350. The number of carbonyl (C=O) groups excluding carboxylic acids is 1. The van der Waals surface area contributed by atoms with E-state index >= 15 is 0 Å². The standard InChI is InChI=1S/C20H24N2O3S/c1-16-5-4-6-17(15-16)11-12-21-20(23)18-7-9-19(10-8-18)22-13-2-3-14-26(22,24)25/h4-10,15H,2-3,11-14H2,1H3,(H,21,23). The largest absolute Gasteiger partial charge is 0.352 e. The van der Waals surface area contributed by atoms with Crippen LogP contribution in [-0.4, -0.2) is 33.2 Å². The maximum absolute atomic E-state index is 12.3. The summed E-state index contributed by atoms with van der Waals surface area (Å²) < 4.78 is 25.7. The first-order valence-electron chi connectivity index (χ1n) is 8.90. The maximum Gasteiger partial charge on any atom is 0.251 e. The van der Waals surface area contributed by atoms with E-state index < -0.39 is 10.0 Å². The van der Waals surface area contributed by atoms with Crippen LogP contribution in [0.5, 0.6) is 0 Å². The Hall–Kier alpha value is -2.34. The number of hydrogen-bond donors (Lipinski definition) is 1. The minimum atomic E-state index is -3.23. The van der Waals surface area contributed by atoms with Crippen LogP contribution in [0.15, 0.2) is 48.5 Å². The number of aryl methyl sites for hydroxylation is 1. The van der Waals surface area contributed by atoms with Crippen molar-refractivity contribution in [2.24, 2.45) is 0 Å². The van der Waals surface area contributed by atoms with Crippen LogP contribution in [0.25, 0.3) is 0 Å². The Bertz CT molecular complexity index is 876. The third-order valence-corrected chi connectivity index (χ3v) is 6.42. The fourth-order valence-electron chi connectivity index (χ4n) is 3.15. The van der Waals surface area contributed by atoms with Gasteiger partial charge in [0.2, 0.25) is 10.0 Å². The Morgan fingerprint density at radius 1 is 1.12 bits per heavy atom. The molecule has 0 radical (unpaired) electrons. The molecule has 0 aromatic heterocycles. The van der Waals surface area contributed by atoms with Gasteiger partial charge in [-0.15, -0.1) is 0 Å². The third kappa shape index (κ3) is 4.43. The molecule has 1 N–H and O–H groups in total. The molecule has 1 aliphatic rings. The van der Waals surface area contributed by atoms with E-state index in [0.29, 0.717) is 30.8 Å². The van der Waals surface area contributed by atoms with Gasteiger partial charge in [-0.3, -0.25) is 9.10 Å². The van der Waals surface area contributed by atoms with Gasteiger partial charge in [0.1, 0.15) is 0 Å². The average molecular weight is 372 g/mol. The van der Waals surface area contributed by atoms with Gasteiger partial charge in [-0.05, 0) is 56.0 Å². The molecule has 1 aliphatic heterocycles. The molecule has 138 valence electrons. The van der Waals surface area contributed by atoms with Crippen LogP contribution in [0.4, 0.5) is 5.69 Å². The van der Waals surface area contributed by atoms with Crippen LogP contribution >= 0.6 is 0 Å². The number of anilines is 1. The second-order valence-electron chi connectivity index (χ2n) is 6.64. The van der Waals surface area contributed by atoms with Crippen LogP contribution in [-0.2, 0) is 16.4 Å². The number of sulfonamides is 1. The van der Waals surface area contributed by atoms with Crippen molar-refractivity contribution in [3.8, 4) is 0 Å². The van der Waals surface area contributed by atoms with E-state index in [0.717, 1.165) is 12.8 Å². The van der Waals surface area contributed by atoms with Gasteiger partial charge in [-0.2, -0.15) is 0 Å². The van der Waals surface area contributed by atoms with Gasteiger partial charge in [0, 0.05) is 18.7 Å². The first-order chi connectivity index (χ1) is 12.5. The highest BCUT2D eigenvalue weighted by Gasteiger charge is 2.25. The molecule has 2 aromatic rings. The first-order valence-corrected chi connectivity index (χ1v) is 10.5. The number of nitrogens with zero attached hydrogens (tertiary/aromatic N) is 1. The van der Waals surface area contributed by atoms with Crippen LogP contribution in [0.2, 0.25) is 0 Å². The van der Waals surface area contributed by atoms with Crippen LogP contribution in [0.3, 0.4) is 0 Å². The van der Waals surface area contributed by atoms with E-state index in [1.807, 2.05) is 25.1 Å². The Labute approximate surface area is 155 Å². The van der Waals surface area contributed by atoms with Crippen LogP contribution in [0, 0.1) is 6.92 Å². The van der Waals surface area contributed by atoms with Crippen molar-refractivity contribution in [3.05, 3.63) is 65.2 Å². The van der Waals surface area contributed by atoms with Gasteiger partial charge in [-0.25, -0.2) is 8.42 Å². The van der Waals surface area contributed by atoms with Gasteiger partial charge in [0.25, 0.3) is 5.91 Å². The summed E-state index contributed by atoms with van der Waals surface area (Å²) in [4.78, 5) is 12.3. The lowest BCUT2D eigenvalue weighted by Crippen LogP contribution is -2.37. The first kappa shape index (κ1) is 18.5. The van der Waals surface area contributed by atoms with Crippen molar-refractivity contribution in [2.75, 3.05) is 23.1 Å². The Kier molecular flexibility index (Phi) is 5.61. The number of hydrogen-bond acceptors (Lipinski definition) is 3. The summed E-state index contributed by atoms with van der Waals surface area (Å²) in [5.74, 6) is 0.0412. The molecular formula is C20H24N2O3S. The summed E-state index contributed by atoms with van der Waals surface area (Å²) >= 11 is 0. The summed E-state index contributed by atoms with van der Waals surface area (Å²) in [6.07, 6.45) is 2.35. The summed E-state index contributed by atoms with van der Waals surface area (Å²) in [5.41, 5.74) is 3.56. The monoisotopic (exact) mass is 372 g/mol. The smallest absolute Gasteiger partial charge is 0.251 e. The Balaban J connectivity index is 1.58. The quantitative estimate of drug-likeness (QED) is 0.878. The Morgan fingerprint density at radius 3 is 2.58 bits per heavy atom.